The lowest BCUT2D eigenvalue weighted by molar-refractivity contribution is -0.119. The standard InChI is InChI=1S/C21H18N6O2.ClH/c22-9-13-3-4-25-20(5-13)27-21-8-15(14-1-2-14)7-18(26-21)16-6-17(11-24-10-16)29-12-19(23)28;/h3-8,10-11,14H,1-2,12H2,(H2,23,28)(H,25,26,27);1H. The van der Waals surface area contributed by atoms with Crippen LogP contribution < -0.4 is 15.8 Å². The van der Waals surface area contributed by atoms with Crippen LogP contribution in [-0.4, -0.2) is 27.5 Å². The first kappa shape index (κ1) is 21.0. The Kier molecular flexibility index (Phi) is 6.45. The number of halogens is 1. The maximum Gasteiger partial charge on any atom is 0.255 e. The van der Waals surface area contributed by atoms with Gasteiger partial charge in [0.2, 0.25) is 0 Å². The summed E-state index contributed by atoms with van der Waals surface area (Å²) >= 11 is 0. The SMILES string of the molecule is Cl.N#Cc1ccnc(Nc2cc(C3CC3)cc(-c3cncc(OCC(N)=O)c3)n2)c1. The van der Waals surface area contributed by atoms with Crippen molar-refractivity contribution >= 4 is 29.9 Å². The molecule has 0 radical (unpaired) electrons. The predicted molar refractivity (Wildman–Crippen MR) is 114 cm³/mol. The van der Waals surface area contributed by atoms with Crippen LogP contribution in [0, 0.1) is 11.3 Å². The van der Waals surface area contributed by atoms with Crippen molar-refractivity contribution in [1.82, 2.24) is 15.0 Å². The Balaban J connectivity index is 0.00000256. The maximum atomic E-state index is 10.9. The highest BCUT2D eigenvalue weighted by atomic mass is 35.5. The minimum Gasteiger partial charge on any atom is -0.482 e. The zero-order valence-corrected chi connectivity index (χ0v) is 16.7. The number of nitriles is 1. The van der Waals surface area contributed by atoms with Gasteiger partial charge in [-0.3, -0.25) is 9.78 Å². The normalized spacial score (nSPS) is 12.4. The third kappa shape index (κ3) is 5.21. The molecule has 0 saturated heterocycles. The van der Waals surface area contributed by atoms with Gasteiger partial charge in [-0.2, -0.15) is 5.26 Å². The number of amides is 1. The molecule has 1 amide bonds. The fourth-order valence-corrected chi connectivity index (χ4v) is 2.91. The van der Waals surface area contributed by atoms with Crippen LogP contribution in [0.15, 0.2) is 48.9 Å². The van der Waals surface area contributed by atoms with Crippen LogP contribution in [0.4, 0.5) is 11.6 Å². The van der Waals surface area contributed by atoms with Gasteiger partial charge in [-0.25, -0.2) is 9.97 Å². The van der Waals surface area contributed by atoms with Gasteiger partial charge in [-0.15, -0.1) is 12.4 Å². The molecule has 3 heterocycles. The number of nitrogens with zero attached hydrogens (tertiary/aromatic N) is 4. The third-order valence-electron chi connectivity index (χ3n) is 4.43. The van der Waals surface area contributed by atoms with Gasteiger partial charge in [0.05, 0.1) is 23.5 Å². The molecule has 0 unspecified atom stereocenters. The molecule has 3 aromatic heterocycles. The molecule has 152 valence electrons. The van der Waals surface area contributed by atoms with Crippen molar-refractivity contribution in [1.29, 1.82) is 5.26 Å². The summed E-state index contributed by atoms with van der Waals surface area (Å²) in [6, 6.07) is 11.2. The van der Waals surface area contributed by atoms with Gasteiger partial charge in [0.15, 0.2) is 6.61 Å². The highest BCUT2D eigenvalue weighted by Crippen LogP contribution is 2.42. The molecule has 9 heteroatoms. The molecule has 1 fully saturated rings. The van der Waals surface area contributed by atoms with E-state index in [0.29, 0.717) is 28.9 Å². The van der Waals surface area contributed by atoms with Crippen LogP contribution in [0.3, 0.4) is 0 Å². The summed E-state index contributed by atoms with van der Waals surface area (Å²) in [7, 11) is 0. The van der Waals surface area contributed by atoms with E-state index in [-0.39, 0.29) is 19.0 Å². The van der Waals surface area contributed by atoms with E-state index in [1.807, 2.05) is 12.1 Å². The van der Waals surface area contributed by atoms with E-state index in [1.54, 1.807) is 30.6 Å². The number of anilines is 2. The highest BCUT2D eigenvalue weighted by molar-refractivity contribution is 5.85. The zero-order valence-electron chi connectivity index (χ0n) is 15.9. The predicted octanol–water partition coefficient (Wildman–Crippen LogP) is 3.32. The second-order valence-electron chi connectivity index (χ2n) is 6.78. The second-order valence-corrected chi connectivity index (χ2v) is 6.78. The number of carbonyl (C=O) groups is 1. The van der Waals surface area contributed by atoms with Crippen LogP contribution in [0.5, 0.6) is 5.75 Å². The molecule has 8 nitrogen and oxygen atoms in total. The molecule has 3 aromatic rings. The van der Waals surface area contributed by atoms with Crippen molar-refractivity contribution in [2.45, 2.75) is 18.8 Å². The van der Waals surface area contributed by atoms with Crippen LogP contribution in [-0.2, 0) is 4.79 Å². The van der Waals surface area contributed by atoms with E-state index in [1.165, 1.54) is 11.8 Å². The van der Waals surface area contributed by atoms with Gasteiger partial charge < -0.3 is 15.8 Å². The van der Waals surface area contributed by atoms with Crippen molar-refractivity contribution in [3.05, 3.63) is 60.0 Å². The molecule has 0 aliphatic heterocycles. The summed E-state index contributed by atoms with van der Waals surface area (Å²) in [5.41, 5.74) is 8.32. The summed E-state index contributed by atoms with van der Waals surface area (Å²) in [6.07, 6.45) is 7.08. The van der Waals surface area contributed by atoms with Gasteiger partial charge in [-0.05, 0) is 54.7 Å². The monoisotopic (exact) mass is 422 g/mol. The Labute approximate surface area is 179 Å². The Morgan fingerprint density at radius 2 is 2.07 bits per heavy atom. The molecule has 0 atom stereocenters. The van der Waals surface area contributed by atoms with Crippen molar-refractivity contribution in [3.63, 3.8) is 0 Å². The number of hydrogen-bond acceptors (Lipinski definition) is 7. The minimum atomic E-state index is -0.553. The lowest BCUT2D eigenvalue weighted by Gasteiger charge is -2.11. The molecular weight excluding hydrogens is 404 g/mol. The van der Waals surface area contributed by atoms with Gasteiger partial charge in [-0.1, -0.05) is 0 Å². The first-order chi connectivity index (χ1) is 14.1. The van der Waals surface area contributed by atoms with Crippen molar-refractivity contribution in [2.75, 3.05) is 11.9 Å². The Morgan fingerprint density at radius 3 is 2.80 bits per heavy atom. The summed E-state index contributed by atoms with van der Waals surface area (Å²) < 4.78 is 5.35. The first-order valence-corrected chi connectivity index (χ1v) is 9.12. The number of carbonyl (C=O) groups excluding carboxylic acids is 1. The topological polar surface area (TPSA) is 127 Å². The van der Waals surface area contributed by atoms with E-state index in [2.05, 4.69) is 26.3 Å². The highest BCUT2D eigenvalue weighted by Gasteiger charge is 2.25. The van der Waals surface area contributed by atoms with Gasteiger partial charge in [0, 0.05) is 18.0 Å². The zero-order chi connectivity index (χ0) is 20.2. The lowest BCUT2D eigenvalue weighted by atomic mass is 10.1. The third-order valence-corrected chi connectivity index (χ3v) is 4.43. The van der Waals surface area contributed by atoms with E-state index < -0.39 is 5.91 Å². The summed E-state index contributed by atoms with van der Waals surface area (Å²) in [5, 5.41) is 12.3. The molecular formula is C21H19ClN6O2. The van der Waals surface area contributed by atoms with Gasteiger partial charge >= 0.3 is 0 Å². The maximum absolute atomic E-state index is 10.9. The van der Waals surface area contributed by atoms with Gasteiger partial charge in [0.25, 0.3) is 5.91 Å². The smallest absolute Gasteiger partial charge is 0.255 e. The van der Waals surface area contributed by atoms with Crippen LogP contribution in [0.25, 0.3) is 11.3 Å². The molecule has 4 rings (SSSR count). The summed E-state index contributed by atoms with van der Waals surface area (Å²) in [5.74, 6) is 1.58. The number of aromatic nitrogens is 3. The van der Waals surface area contributed by atoms with Crippen molar-refractivity contribution in [2.24, 2.45) is 5.73 Å². The van der Waals surface area contributed by atoms with Crippen LogP contribution in [0.2, 0.25) is 0 Å². The molecule has 0 spiro atoms. The molecule has 0 bridgehead atoms. The largest absolute Gasteiger partial charge is 0.482 e. The fraction of sp³-hybridized carbons (Fsp3) is 0.190. The molecule has 30 heavy (non-hydrogen) atoms. The Morgan fingerprint density at radius 1 is 1.23 bits per heavy atom. The number of hydrogen-bond donors (Lipinski definition) is 2. The number of primary amides is 1. The number of ether oxygens (including phenoxy) is 1. The average molecular weight is 423 g/mol. The lowest BCUT2D eigenvalue weighted by Crippen LogP contribution is -2.20. The number of nitrogens with two attached hydrogens (primary N) is 1. The van der Waals surface area contributed by atoms with E-state index in [4.69, 9.17) is 15.7 Å². The van der Waals surface area contributed by atoms with E-state index in [0.717, 1.165) is 24.1 Å². The molecule has 0 aromatic carbocycles. The number of pyridine rings is 3. The molecule has 3 N–H and O–H groups in total. The number of nitrogens with one attached hydrogen (secondary N) is 1. The Bertz CT molecular complexity index is 1110. The minimum absolute atomic E-state index is 0. The first-order valence-electron chi connectivity index (χ1n) is 9.12. The molecule has 1 saturated carbocycles. The molecule has 1 aliphatic carbocycles. The van der Waals surface area contributed by atoms with E-state index in [9.17, 15) is 4.79 Å². The summed E-state index contributed by atoms with van der Waals surface area (Å²) in [6.45, 7) is -0.214. The fourth-order valence-electron chi connectivity index (χ4n) is 2.91. The van der Waals surface area contributed by atoms with Crippen molar-refractivity contribution < 1.29 is 9.53 Å². The average Bonchev–Trinajstić information content (AvgIpc) is 3.58. The quantitative estimate of drug-likeness (QED) is 0.597. The summed E-state index contributed by atoms with van der Waals surface area (Å²) in [4.78, 5) is 24.1. The van der Waals surface area contributed by atoms with Crippen LogP contribution in [0.1, 0.15) is 29.9 Å². The van der Waals surface area contributed by atoms with Gasteiger partial charge in [0.1, 0.15) is 17.4 Å². The number of rotatable bonds is 7. The second kappa shape index (κ2) is 9.20. The van der Waals surface area contributed by atoms with Crippen molar-refractivity contribution in [3.8, 4) is 23.1 Å². The van der Waals surface area contributed by atoms with Crippen LogP contribution >= 0.6 is 12.4 Å². The van der Waals surface area contributed by atoms with E-state index >= 15 is 0 Å². The Hall–Kier alpha value is -3.70. The molecule has 1 aliphatic rings.